The lowest BCUT2D eigenvalue weighted by atomic mass is 9.93. The summed E-state index contributed by atoms with van der Waals surface area (Å²) < 4.78 is 4.62. The van der Waals surface area contributed by atoms with Gasteiger partial charge in [0.15, 0.2) is 0 Å². The van der Waals surface area contributed by atoms with Gasteiger partial charge in [-0.3, -0.25) is 9.59 Å². The molecular weight excluding hydrogens is 244 g/mol. The van der Waals surface area contributed by atoms with E-state index in [1.807, 2.05) is 13.8 Å². The van der Waals surface area contributed by atoms with Crippen molar-refractivity contribution in [1.29, 1.82) is 0 Å². The van der Waals surface area contributed by atoms with Crippen LogP contribution < -0.4 is 5.73 Å². The fourth-order valence-electron chi connectivity index (χ4n) is 2.06. The van der Waals surface area contributed by atoms with Gasteiger partial charge in [-0.2, -0.15) is 0 Å². The number of nitrogens with two attached hydrogens (primary N) is 1. The van der Waals surface area contributed by atoms with Gasteiger partial charge >= 0.3 is 5.97 Å². The van der Waals surface area contributed by atoms with Gasteiger partial charge in [-0.15, -0.1) is 0 Å². The zero-order valence-corrected chi connectivity index (χ0v) is 12.8. The van der Waals surface area contributed by atoms with Gasteiger partial charge in [-0.25, -0.2) is 0 Å². The van der Waals surface area contributed by atoms with E-state index in [1.165, 1.54) is 7.11 Å². The number of rotatable bonds is 8. The van der Waals surface area contributed by atoms with E-state index in [0.717, 1.165) is 6.42 Å². The highest BCUT2D eigenvalue weighted by molar-refractivity contribution is 5.82. The average Bonchev–Trinajstić information content (AvgIpc) is 2.33. The molecule has 0 aromatic carbocycles. The minimum atomic E-state index is -0.393. The first-order chi connectivity index (χ1) is 8.81. The van der Waals surface area contributed by atoms with Crippen molar-refractivity contribution in [2.75, 3.05) is 20.2 Å². The highest BCUT2D eigenvalue weighted by Gasteiger charge is 2.23. The topological polar surface area (TPSA) is 72.6 Å². The monoisotopic (exact) mass is 272 g/mol. The van der Waals surface area contributed by atoms with Crippen LogP contribution in [-0.2, 0) is 14.3 Å². The summed E-state index contributed by atoms with van der Waals surface area (Å²) in [5, 5.41) is 0. The van der Waals surface area contributed by atoms with Crippen molar-refractivity contribution in [2.24, 2.45) is 17.6 Å². The molecule has 0 spiro atoms. The Morgan fingerprint density at radius 1 is 1.21 bits per heavy atom. The van der Waals surface area contributed by atoms with Crippen molar-refractivity contribution in [3.05, 3.63) is 0 Å². The van der Waals surface area contributed by atoms with Crippen LogP contribution >= 0.6 is 0 Å². The van der Waals surface area contributed by atoms with E-state index in [0.29, 0.717) is 18.9 Å². The summed E-state index contributed by atoms with van der Waals surface area (Å²) in [6.07, 6.45) is 1.32. The Morgan fingerprint density at radius 2 is 1.79 bits per heavy atom. The third-order valence-electron chi connectivity index (χ3n) is 3.07. The summed E-state index contributed by atoms with van der Waals surface area (Å²) in [7, 11) is 1.33. The zero-order chi connectivity index (χ0) is 15.0. The summed E-state index contributed by atoms with van der Waals surface area (Å²) >= 11 is 0. The molecule has 0 fully saturated rings. The number of esters is 1. The molecule has 1 atom stereocenters. The zero-order valence-electron chi connectivity index (χ0n) is 12.8. The van der Waals surface area contributed by atoms with Crippen LogP contribution in [0.2, 0.25) is 0 Å². The highest BCUT2D eigenvalue weighted by atomic mass is 16.5. The normalized spacial score (nSPS) is 12.6. The summed E-state index contributed by atoms with van der Waals surface area (Å²) in [5.41, 5.74) is 5.71. The quantitative estimate of drug-likeness (QED) is 0.678. The molecule has 0 aliphatic rings. The Hall–Kier alpha value is -1.10. The Labute approximate surface area is 116 Å². The number of methoxy groups -OCH3 is 1. The molecule has 0 radical (unpaired) electrons. The molecule has 19 heavy (non-hydrogen) atoms. The third kappa shape index (κ3) is 7.15. The Bertz CT molecular complexity index is 290. The lowest BCUT2D eigenvalue weighted by Gasteiger charge is -2.27. The molecule has 2 N–H and O–H groups in total. The van der Waals surface area contributed by atoms with Gasteiger partial charge in [0, 0.05) is 12.5 Å². The van der Waals surface area contributed by atoms with E-state index < -0.39 is 5.97 Å². The van der Waals surface area contributed by atoms with E-state index in [2.05, 4.69) is 18.6 Å². The number of amides is 1. The highest BCUT2D eigenvalue weighted by Crippen LogP contribution is 2.16. The maximum Gasteiger partial charge on any atom is 0.325 e. The van der Waals surface area contributed by atoms with E-state index in [1.54, 1.807) is 4.90 Å². The van der Waals surface area contributed by atoms with E-state index in [4.69, 9.17) is 5.73 Å². The number of ether oxygens (including phenoxy) is 1. The smallest absolute Gasteiger partial charge is 0.325 e. The molecule has 0 aliphatic carbocycles. The predicted molar refractivity (Wildman–Crippen MR) is 75.5 cm³/mol. The van der Waals surface area contributed by atoms with Gasteiger partial charge in [0.2, 0.25) is 5.91 Å². The van der Waals surface area contributed by atoms with Crippen LogP contribution in [0.5, 0.6) is 0 Å². The van der Waals surface area contributed by atoms with Gasteiger partial charge in [0.1, 0.15) is 6.54 Å². The van der Waals surface area contributed by atoms with Gasteiger partial charge in [-0.1, -0.05) is 13.8 Å². The van der Waals surface area contributed by atoms with E-state index in [-0.39, 0.29) is 24.4 Å². The summed E-state index contributed by atoms with van der Waals surface area (Å²) in [6, 6.07) is -0.0240. The largest absolute Gasteiger partial charge is 0.468 e. The van der Waals surface area contributed by atoms with E-state index in [9.17, 15) is 9.59 Å². The SMILES string of the molecule is COC(=O)CN(C(=O)C[C@@H](CN)CC(C)C)C(C)C. The Balaban J connectivity index is 4.58. The minimum absolute atomic E-state index is 0.00592. The van der Waals surface area contributed by atoms with Crippen molar-refractivity contribution in [3.63, 3.8) is 0 Å². The fraction of sp³-hybridized carbons (Fsp3) is 0.857. The molecule has 0 bridgehead atoms. The number of nitrogens with zero attached hydrogens (tertiary/aromatic N) is 1. The molecule has 5 heteroatoms. The number of hydrogen-bond acceptors (Lipinski definition) is 4. The molecule has 0 aromatic rings. The lowest BCUT2D eigenvalue weighted by molar-refractivity contribution is -0.148. The molecule has 0 unspecified atom stereocenters. The molecule has 0 saturated heterocycles. The van der Waals surface area contributed by atoms with Crippen LogP contribution in [0.1, 0.15) is 40.5 Å². The van der Waals surface area contributed by atoms with Crippen molar-refractivity contribution >= 4 is 11.9 Å². The van der Waals surface area contributed by atoms with Gasteiger partial charge in [0.25, 0.3) is 0 Å². The molecule has 112 valence electrons. The third-order valence-corrected chi connectivity index (χ3v) is 3.07. The molecule has 0 aromatic heterocycles. The van der Waals surface area contributed by atoms with Crippen molar-refractivity contribution < 1.29 is 14.3 Å². The number of hydrogen-bond donors (Lipinski definition) is 1. The van der Waals surface area contributed by atoms with Crippen LogP contribution in [0, 0.1) is 11.8 Å². The Kier molecular flexibility index (Phi) is 8.39. The molecule has 0 heterocycles. The van der Waals surface area contributed by atoms with Gasteiger partial charge in [-0.05, 0) is 38.6 Å². The maximum absolute atomic E-state index is 12.2. The second-order valence-corrected chi connectivity index (χ2v) is 5.63. The fourth-order valence-corrected chi connectivity index (χ4v) is 2.06. The van der Waals surface area contributed by atoms with Crippen LogP contribution in [0.25, 0.3) is 0 Å². The molecule has 0 saturated carbocycles. The summed E-state index contributed by atoms with van der Waals surface area (Å²) in [5.74, 6) is 0.257. The van der Waals surface area contributed by atoms with Crippen LogP contribution in [0.4, 0.5) is 0 Å². The van der Waals surface area contributed by atoms with Crippen LogP contribution in [0.3, 0.4) is 0 Å². The summed E-state index contributed by atoms with van der Waals surface area (Å²) in [6.45, 7) is 8.51. The Morgan fingerprint density at radius 3 is 2.16 bits per heavy atom. The van der Waals surface area contributed by atoms with Crippen molar-refractivity contribution in [2.45, 2.75) is 46.6 Å². The molecule has 0 aliphatic heterocycles. The molecule has 0 rings (SSSR count). The molecule has 1 amide bonds. The molecular formula is C14H28N2O3. The van der Waals surface area contributed by atoms with Gasteiger partial charge in [0.05, 0.1) is 7.11 Å². The second-order valence-electron chi connectivity index (χ2n) is 5.63. The minimum Gasteiger partial charge on any atom is -0.468 e. The number of carbonyl (C=O) groups is 2. The lowest BCUT2D eigenvalue weighted by Crippen LogP contribution is -2.42. The second kappa shape index (κ2) is 8.91. The summed E-state index contributed by atoms with van der Waals surface area (Å²) in [4.78, 5) is 25.1. The first-order valence-electron chi connectivity index (χ1n) is 6.88. The van der Waals surface area contributed by atoms with Crippen molar-refractivity contribution in [1.82, 2.24) is 4.90 Å². The van der Waals surface area contributed by atoms with Crippen LogP contribution in [-0.4, -0.2) is 43.0 Å². The number of carbonyl (C=O) groups excluding carboxylic acids is 2. The average molecular weight is 272 g/mol. The van der Waals surface area contributed by atoms with Crippen molar-refractivity contribution in [3.8, 4) is 0 Å². The first-order valence-corrected chi connectivity index (χ1v) is 6.88. The predicted octanol–water partition coefficient (Wildman–Crippen LogP) is 1.41. The first kappa shape index (κ1) is 17.9. The maximum atomic E-state index is 12.2. The van der Waals surface area contributed by atoms with Crippen LogP contribution in [0.15, 0.2) is 0 Å². The van der Waals surface area contributed by atoms with E-state index >= 15 is 0 Å². The van der Waals surface area contributed by atoms with Gasteiger partial charge < -0.3 is 15.4 Å². The standard InChI is InChI=1S/C14H28N2O3/c1-10(2)6-12(8-15)7-13(17)16(11(3)4)9-14(18)19-5/h10-12H,6-9,15H2,1-5H3/t12-/m0/s1. The molecule has 5 nitrogen and oxygen atoms in total.